The molecule has 0 radical (unpaired) electrons. The van der Waals surface area contributed by atoms with Crippen molar-refractivity contribution in [3.8, 4) is 0 Å². The third-order valence-corrected chi connectivity index (χ3v) is 3.94. The summed E-state index contributed by atoms with van der Waals surface area (Å²) in [7, 11) is -0.279. The number of likely N-dealkylation sites (N-methyl/N-ethyl adjacent to an activating group) is 1. The first-order chi connectivity index (χ1) is 8.79. The van der Waals surface area contributed by atoms with E-state index in [-0.39, 0.29) is 5.91 Å². The number of anilines is 1. The van der Waals surface area contributed by atoms with Crippen LogP contribution in [0.1, 0.15) is 13.3 Å². The van der Waals surface area contributed by atoms with E-state index in [9.17, 15) is 13.2 Å². The lowest BCUT2D eigenvalue weighted by Gasteiger charge is -2.31. The average molecular weight is 284 g/mol. The number of rotatable bonds is 5. The number of carbonyl (C=O) groups excluding carboxylic acids is 1. The molecule has 106 valence electrons. The van der Waals surface area contributed by atoms with Gasteiger partial charge in [0.15, 0.2) is 0 Å². The van der Waals surface area contributed by atoms with Crippen LogP contribution in [-0.2, 0) is 14.8 Å². The van der Waals surface area contributed by atoms with Crippen LogP contribution in [0.4, 0.5) is 5.69 Å². The highest BCUT2D eigenvalue weighted by Crippen LogP contribution is 2.22. The molecule has 0 unspecified atom stereocenters. The summed E-state index contributed by atoms with van der Waals surface area (Å²) in [6.07, 6.45) is 1.53. The molecule has 0 aromatic heterocycles. The van der Waals surface area contributed by atoms with Gasteiger partial charge in [0.05, 0.1) is 11.9 Å². The number of sulfonamides is 1. The Morgan fingerprint density at radius 1 is 1.21 bits per heavy atom. The number of hydrogen-bond donors (Lipinski definition) is 0. The van der Waals surface area contributed by atoms with Gasteiger partial charge in [-0.1, -0.05) is 25.1 Å². The van der Waals surface area contributed by atoms with E-state index in [1.165, 1.54) is 9.21 Å². The Kier molecular flexibility index (Phi) is 4.94. The SMILES string of the molecule is CC[C@@H](C(=O)N(C)C)N(c1ccccc1)S(C)(=O)=O. The van der Waals surface area contributed by atoms with Crippen molar-refractivity contribution in [1.29, 1.82) is 0 Å². The molecular weight excluding hydrogens is 264 g/mol. The van der Waals surface area contributed by atoms with Crippen LogP contribution in [0.3, 0.4) is 0 Å². The normalized spacial score (nSPS) is 12.8. The number of para-hydroxylation sites is 1. The van der Waals surface area contributed by atoms with Crippen molar-refractivity contribution in [2.24, 2.45) is 0 Å². The van der Waals surface area contributed by atoms with Gasteiger partial charge in [-0.2, -0.15) is 0 Å². The summed E-state index contributed by atoms with van der Waals surface area (Å²) < 4.78 is 25.2. The standard InChI is InChI=1S/C13H20N2O3S/c1-5-12(13(16)14(2)3)15(19(4,17)18)11-9-7-6-8-10-11/h6-10,12H,5H2,1-4H3/t12-/m0/s1. The number of benzene rings is 1. The molecule has 6 heteroatoms. The van der Waals surface area contributed by atoms with Crippen LogP contribution in [-0.4, -0.2) is 45.6 Å². The number of nitrogens with zero attached hydrogens (tertiary/aromatic N) is 2. The molecule has 0 N–H and O–H groups in total. The fourth-order valence-electron chi connectivity index (χ4n) is 1.92. The lowest BCUT2D eigenvalue weighted by atomic mass is 10.2. The van der Waals surface area contributed by atoms with Crippen molar-refractivity contribution < 1.29 is 13.2 Å². The molecule has 19 heavy (non-hydrogen) atoms. The second-order valence-electron chi connectivity index (χ2n) is 4.55. The zero-order valence-corrected chi connectivity index (χ0v) is 12.5. The summed E-state index contributed by atoms with van der Waals surface area (Å²) in [5, 5.41) is 0. The first-order valence-corrected chi connectivity index (χ1v) is 7.89. The Bertz CT molecular complexity index is 526. The maximum atomic E-state index is 12.2. The molecule has 1 aromatic carbocycles. The van der Waals surface area contributed by atoms with Gasteiger partial charge in [-0.25, -0.2) is 8.42 Å². The van der Waals surface area contributed by atoms with Crippen molar-refractivity contribution in [3.63, 3.8) is 0 Å². The largest absolute Gasteiger partial charge is 0.347 e. The van der Waals surface area contributed by atoms with Crippen LogP contribution in [0.25, 0.3) is 0 Å². The van der Waals surface area contributed by atoms with Crippen LogP contribution in [0.15, 0.2) is 30.3 Å². The molecule has 0 bridgehead atoms. The van der Waals surface area contributed by atoms with E-state index >= 15 is 0 Å². The zero-order valence-electron chi connectivity index (χ0n) is 11.7. The summed E-state index contributed by atoms with van der Waals surface area (Å²) in [5.41, 5.74) is 0.507. The van der Waals surface area contributed by atoms with E-state index in [4.69, 9.17) is 0 Å². The van der Waals surface area contributed by atoms with Gasteiger partial charge in [0.25, 0.3) is 0 Å². The lowest BCUT2D eigenvalue weighted by Crippen LogP contribution is -2.48. The van der Waals surface area contributed by atoms with Gasteiger partial charge in [0.1, 0.15) is 6.04 Å². The smallest absolute Gasteiger partial charge is 0.245 e. The van der Waals surface area contributed by atoms with Crippen LogP contribution >= 0.6 is 0 Å². The van der Waals surface area contributed by atoms with E-state index in [1.54, 1.807) is 51.4 Å². The molecule has 5 nitrogen and oxygen atoms in total. The monoisotopic (exact) mass is 284 g/mol. The van der Waals surface area contributed by atoms with E-state index in [2.05, 4.69) is 0 Å². The second kappa shape index (κ2) is 6.06. The van der Waals surface area contributed by atoms with Crippen molar-refractivity contribution in [2.45, 2.75) is 19.4 Å². The first kappa shape index (κ1) is 15.5. The van der Waals surface area contributed by atoms with Crippen LogP contribution < -0.4 is 4.31 Å². The summed E-state index contributed by atoms with van der Waals surface area (Å²) >= 11 is 0. The first-order valence-electron chi connectivity index (χ1n) is 6.04. The Balaban J connectivity index is 3.29. The third-order valence-electron chi connectivity index (χ3n) is 2.76. The van der Waals surface area contributed by atoms with Gasteiger partial charge in [-0.05, 0) is 18.6 Å². The van der Waals surface area contributed by atoms with Gasteiger partial charge in [0, 0.05) is 14.1 Å². The molecule has 0 aliphatic heterocycles. The predicted molar refractivity (Wildman–Crippen MR) is 76.5 cm³/mol. The Labute approximate surface area is 114 Å². The topological polar surface area (TPSA) is 57.7 Å². The number of amides is 1. The molecule has 1 atom stereocenters. The van der Waals surface area contributed by atoms with Crippen molar-refractivity contribution >= 4 is 21.6 Å². The molecule has 1 rings (SSSR count). The minimum atomic E-state index is -3.52. The number of hydrogen-bond acceptors (Lipinski definition) is 3. The number of carbonyl (C=O) groups is 1. The summed E-state index contributed by atoms with van der Waals surface area (Å²) in [5.74, 6) is -0.225. The molecule has 1 amide bonds. The highest BCUT2D eigenvalue weighted by molar-refractivity contribution is 7.92. The Hall–Kier alpha value is -1.56. The van der Waals surface area contributed by atoms with Gasteiger partial charge in [0.2, 0.25) is 15.9 Å². The fourth-order valence-corrected chi connectivity index (χ4v) is 3.12. The lowest BCUT2D eigenvalue weighted by molar-refractivity contribution is -0.129. The van der Waals surface area contributed by atoms with Gasteiger partial charge in [-0.3, -0.25) is 9.10 Å². The van der Waals surface area contributed by atoms with Crippen LogP contribution in [0.5, 0.6) is 0 Å². The van der Waals surface area contributed by atoms with Crippen molar-refractivity contribution in [2.75, 3.05) is 24.7 Å². The van der Waals surface area contributed by atoms with E-state index in [0.717, 1.165) is 6.26 Å². The molecule has 0 spiro atoms. The Morgan fingerprint density at radius 2 is 1.74 bits per heavy atom. The summed E-state index contributed by atoms with van der Waals surface area (Å²) in [4.78, 5) is 13.6. The maximum Gasteiger partial charge on any atom is 0.245 e. The minimum absolute atomic E-state index is 0.225. The molecule has 0 aliphatic rings. The molecule has 0 aliphatic carbocycles. The van der Waals surface area contributed by atoms with Crippen molar-refractivity contribution in [1.82, 2.24) is 4.90 Å². The van der Waals surface area contributed by atoms with Crippen molar-refractivity contribution in [3.05, 3.63) is 30.3 Å². The molecule has 0 fully saturated rings. The predicted octanol–water partition coefficient (Wildman–Crippen LogP) is 1.32. The van der Waals surface area contributed by atoms with E-state index in [1.807, 2.05) is 0 Å². The van der Waals surface area contributed by atoms with Gasteiger partial charge < -0.3 is 4.90 Å². The quantitative estimate of drug-likeness (QED) is 0.819. The average Bonchev–Trinajstić information content (AvgIpc) is 2.34. The van der Waals surface area contributed by atoms with Gasteiger partial charge >= 0.3 is 0 Å². The van der Waals surface area contributed by atoms with E-state index in [0.29, 0.717) is 12.1 Å². The summed E-state index contributed by atoms with van der Waals surface area (Å²) in [6.45, 7) is 1.80. The highest BCUT2D eigenvalue weighted by atomic mass is 32.2. The summed E-state index contributed by atoms with van der Waals surface area (Å²) in [6, 6.07) is 7.96. The molecule has 0 saturated heterocycles. The fraction of sp³-hybridized carbons (Fsp3) is 0.462. The second-order valence-corrected chi connectivity index (χ2v) is 6.41. The zero-order chi connectivity index (χ0) is 14.6. The highest BCUT2D eigenvalue weighted by Gasteiger charge is 2.32. The molecule has 0 saturated carbocycles. The molecular formula is C13H20N2O3S. The Morgan fingerprint density at radius 3 is 2.11 bits per heavy atom. The third kappa shape index (κ3) is 3.70. The van der Waals surface area contributed by atoms with Gasteiger partial charge in [-0.15, -0.1) is 0 Å². The maximum absolute atomic E-state index is 12.2. The molecule has 1 aromatic rings. The van der Waals surface area contributed by atoms with Crippen LogP contribution in [0, 0.1) is 0 Å². The minimum Gasteiger partial charge on any atom is -0.347 e. The van der Waals surface area contributed by atoms with E-state index < -0.39 is 16.1 Å². The molecule has 0 heterocycles. The van der Waals surface area contributed by atoms with Crippen LogP contribution in [0.2, 0.25) is 0 Å².